The molecule has 0 aliphatic carbocycles. The van der Waals surface area contributed by atoms with Gasteiger partial charge in [-0.25, -0.2) is 17.6 Å². The van der Waals surface area contributed by atoms with Crippen LogP contribution in [0.15, 0.2) is 0 Å². The maximum absolute atomic E-state index is 11.1. The highest BCUT2D eigenvalue weighted by Gasteiger charge is 2.36. The third-order valence-electron chi connectivity index (χ3n) is 1.77. The minimum Gasteiger partial charge on any atom is -0.255 e. The van der Waals surface area contributed by atoms with Crippen LogP contribution in [0.5, 0.6) is 0 Å². The summed E-state index contributed by atoms with van der Waals surface area (Å²) in [6.45, 7) is -3.26. The number of hydrogen-bond donors (Lipinski definition) is 0. The van der Waals surface area contributed by atoms with Crippen molar-refractivity contribution < 1.29 is 87.8 Å². The summed E-state index contributed by atoms with van der Waals surface area (Å²) in [6, 6.07) is 0. The van der Waals surface area contributed by atoms with E-state index in [0.29, 0.717) is 14.1 Å². The van der Waals surface area contributed by atoms with Crippen molar-refractivity contribution >= 4 is 0 Å². The van der Waals surface area contributed by atoms with Gasteiger partial charge in [0.1, 0.15) is 0 Å². The van der Waals surface area contributed by atoms with Crippen LogP contribution in [0.25, 0.3) is 0 Å². The molecule has 0 aromatic heterocycles. The molecule has 0 unspecified atom stereocenters. The molecule has 0 nitrogen and oxygen atoms in total. The molecule has 20 heteroatoms. The minimum atomic E-state index is -4.71. The molecule has 0 aliphatic rings. The molecule has 0 fully saturated rings. The molecule has 0 saturated heterocycles. The van der Waals surface area contributed by atoms with Crippen LogP contribution in [0.4, 0.5) is 87.8 Å². The lowest BCUT2D eigenvalue weighted by Gasteiger charge is -2.07. The fourth-order valence-electron chi connectivity index (χ4n) is 0.567. The van der Waals surface area contributed by atoms with Gasteiger partial charge in [-0.2, -0.15) is 65.9 Å². The summed E-state index contributed by atoms with van der Waals surface area (Å²) in [4.78, 5) is 0. The van der Waals surface area contributed by atoms with Crippen molar-refractivity contribution in [2.75, 3.05) is 20.5 Å². The second-order valence-corrected chi connectivity index (χ2v) is 5.41. The quantitative estimate of drug-likeness (QED) is 0.264. The van der Waals surface area contributed by atoms with E-state index in [4.69, 9.17) is 0 Å². The van der Waals surface area contributed by atoms with Crippen LogP contribution in [0, 0.1) is 0 Å². The first kappa shape index (κ1) is 71.6. The highest BCUT2D eigenvalue weighted by atomic mass is 19.4. The van der Waals surface area contributed by atoms with Crippen molar-refractivity contribution in [3.05, 3.63) is 0 Å². The summed E-state index contributed by atoms with van der Waals surface area (Å²) in [5.74, 6) is -3.12. The molecule has 0 heterocycles. The zero-order valence-corrected chi connectivity index (χ0v) is 16.8. The maximum Gasteiger partial charge on any atom is 0.416 e. The summed E-state index contributed by atoms with van der Waals surface area (Å²) in [5, 5.41) is 0. The van der Waals surface area contributed by atoms with Gasteiger partial charge in [-0.3, -0.25) is 4.39 Å². The summed E-state index contributed by atoms with van der Waals surface area (Å²) >= 11 is 0. The average molecular weight is 663 g/mol. The zero-order chi connectivity index (χ0) is 29.2. The highest BCUT2D eigenvalue weighted by molar-refractivity contribution is 4.57. The SMILES string of the molecule is C.C.C.C.C.C.CC(F)(F)CF.CF.FC(F)(F)CCC(F)(F)F.FC(F)(F)CCC(F)(F)F.FCC(F)(F)F. The normalized spacial score (nSPS) is 10.7. The first-order valence-electron chi connectivity index (χ1n) is 7.75. The average Bonchev–Trinajstić information content (AvgIpc) is 2.58. The first-order chi connectivity index (χ1) is 14.5. The van der Waals surface area contributed by atoms with Gasteiger partial charge in [0, 0.05) is 6.92 Å². The van der Waals surface area contributed by atoms with Crippen LogP contribution in [0.1, 0.15) is 77.2 Å². The number of rotatable bonds is 3. The van der Waals surface area contributed by atoms with E-state index >= 15 is 0 Å². The fourth-order valence-corrected chi connectivity index (χ4v) is 0.567. The predicted octanol–water partition coefficient (Wildman–Crippen LogP) is 13.3. The Balaban J connectivity index is -0.0000000297. The zero-order valence-electron chi connectivity index (χ0n) is 16.8. The van der Waals surface area contributed by atoms with Crippen LogP contribution in [0.3, 0.4) is 0 Å². The van der Waals surface area contributed by atoms with Gasteiger partial charge in [0.25, 0.3) is 5.92 Å². The standard InChI is InChI=1S/2C4H4F6.C3H5F3.C2H2F4.CH3F.6CH4/c2*5-3(6,7)1-2-4(8,9)10;1-3(5,6)2-4;3-1-2(4,5)6;1-2;;;;;;/h2*1-2H2;2H2,1H3;1H2;1H3;6*1H4. The van der Waals surface area contributed by atoms with Crippen LogP contribution in [-0.4, -0.2) is 57.3 Å². The van der Waals surface area contributed by atoms with Gasteiger partial charge in [-0.05, 0) is 0 Å². The van der Waals surface area contributed by atoms with Crippen molar-refractivity contribution in [1.82, 2.24) is 0 Å². The first-order valence-corrected chi connectivity index (χ1v) is 7.75. The summed E-state index contributed by atoms with van der Waals surface area (Å²) in [5.41, 5.74) is 0. The lowest BCUT2D eigenvalue weighted by molar-refractivity contribution is -0.183. The molecule has 0 aromatic rings. The molecule has 0 N–H and O–H groups in total. The molecule has 0 saturated carbocycles. The van der Waals surface area contributed by atoms with E-state index in [1.165, 1.54) is 0 Å². The van der Waals surface area contributed by atoms with Gasteiger partial charge in [0.05, 0.1) is 32.9 Å². The Morgan fingerprint density at radius 1 is 0.325 bits per heavy atom. The smallest absolute Gasteiger partial charge is 0.255 e. The molecule has 0 rings (SSSR count). The Hall–Kier alpha value is -1.40. The van der Waals surface area contributed by atoms with Crippen LogP contribution in [0.2, 0.25) is 0 Å². The van der Waals surface area contributed by atoms with E-state index in [1.807, 2.05) is 0 Å². The van der Waals surface area contributed by atoms with Crippen molar-refractivity contribution in [2.45, 2.75) is 114 Å². The van der Waals surface area contributed by atoms with Gasteiger partial charge in [-0.15, -0.1) is 0 Å². The van der Waals surface area contributed by atoms with Gasteiger partial charge in [0.2, 0.25) is 0 Å². The van der Waals surface area contributed by atoms with Crippen molar-refractivity contribution in [3.8, 4) is 0 Å². The van der Waals surface area contributed by atoms with E-state index < -0.39 is 75.8 Å². The molecule has 40 heavy (non-hydrogen) atoms. The van der Waals surface area contributed by atoms with Gasteiger partial charge in [-0.1, -0.05) is 44.6 Å². The Bertz CT molecular complexity index is 366. The third kappa shape index (κ3) is 134. The number of alkyl halides is 20. The topological polar surface area (TPSA) is 0 Å². The summed E-state index contributed by atoms with van der Waals surface area (Å²) in [7, 11) is 0.500. The molecule has 0 aromatic carbocycles. The lowest BCUT2D eigenvalue weighted by Crippen LogP contribution is -2.15. The second-order valence-electron chi connectivity index (χ2n) is 5.41. The Kier molecular flexibility index (Phi) is 54.7. The van der Waals surface area contributed by atoms with E-state index in [0.717, 1.165) is 0 Å². The molecule has 0 atom stereocenters. The molecule has 0 aliphatic heterocycles. The second kappa shape index (κ2) is 30.6. The summed E-state index contributed by atoms with van der Waals surface area (Å²) in [6.07, 6.45) is -30.7. The van der Waals surface area contributed by atoms with Crippen LogP contribution in [-0.2, 0) is 0 Å². The van der Waals surface area contributed by atoms with E-state index in [1.54, 1.807) is 0 Å². The molecule has 0 radical (unpaired) electrons. The van der Waals surface area contributed by atoms with Crippen molar-refractivity contribution in [3.63, 3.8) is 0 Å². The van der Waals surface area contributed by atoms with Crippen molar-refractivity contribution in [2.24, 2.45) is 0 Å². The van der Waals surface area contributed by atoms with E-state index in [-0.39, 0.29) is 44.6 Å². The fraction of sp³-hybridized carbons (Fsp3) is 1.00. The monoisotopic (exact) mass is 662 g/mol. The van der Waals surface area contributed by atoms with Crippen LogP contribution >= 0.6 is 0 Å². The Morgan fingerprint density at radius 3 is 0.450 bits per heavy atom. The van der Waals surface area contributed by atoms with Gasteiger partial charge < -0.3 is 0 Å². The largest absolute Gasteiger partial charge is 0.416 e. The maximum atomic E-state index is 11.1. The van der Waals surface area contributed by atoms with E-state index in [2.05, 4.69) is 0 Å². The lowest BCUT2D eigenvalue weighted by atomic mass is 10.3. The number of hydrogen-bond acceptors (Lipinski definition) is 0. The van der Waals surface area contributed by atoms with Crippen LogP contribution < -0.4 is 0 Å². The highest BCUT2D eigenvalue weighted by Crippen LogP contribution is 2.30. The molecular weight excluding hydrogens is 620 g/mol. The number of halogens is 20. The van der Waals surface area contributed by atoms with Crippen molar-refractivity contribution in [1.29, 1.82) is 0 Å². The molecule has 262 valence electrons. The van der Waals surface area contributed by atoms with Gasteiger partial charge in [0.15, 0.2) is 13.3 Å². The van der Waals surface area contributed by atoms with E-state index in [9.17, 15) is 87.8 Å². The predicted molar refractivity (Wildman–Crippen MR) is 119 cm³/mol. The molecule has 0 bridgehead atoms. The third-order valence-corrected chi connectivity index (χ3v) is 1.77. The van der Waals surface area contributed by atoms with Gasteiger partial charge >= 0.3 is 30.9 Å². The molecular formula is C20H42F20. The molecule has 0 spiro atoms. The minimum absolute atomic E-state index is 0. The Labute approximate surface area is 223 Å². The molecule has 0 amide bonds. The Morgan fingerprint density at radius 2 is 0.425 bits per heavy atom. The summed E-state index contributed by atoms with van der Waals surface area (Å²) < 4.78 is 217.